The van der Waals surface area contributed by atoms with Crippen molar-refractivity contribution >= 4 is 17.5 Å². The average Bonchev–Trinajstić information content (AvgIpc) is 2.00. The monoisotopic (exact) mass is 170 g/mol. The Morgan fingerprint density at radius 2 is 2.08 bits per heavy atom. The van der Waals surface area contributed by atoms with Crippen LogP contribution in [0, 0.1) is 0 Å². The van der Waals surface area contributed by atoms with Gasteiger partial charge in [-0.05, 0) is 13.8 Å². The maximum absolute atomic E-state index is 10.8. The van der Waals surface area contributed by atoms with Gasteiger partial charge >= 0.3 is 11.7 Å². The molecule has 5 heteroatoms. The topological polar surface area (TPSA) is 79.8 Å². The molecule has 0 aromatic carbocycles. The van der Waals surface area contributed by atoms with Crippen LogP contribution in [0.2, 0.25) is 0 Å². The lowest BCUT2D eigenvalue weighted by molar-refractivity contribution is -0.140. The molecule has 0 rings (SSSR count). The summed E-state index contributed by atoms with van der Waals surface area (Å²) in [4.78, 5) is 24.0. The van der Waals surface area contributed by atoms with Crippen LogP contribution >= 0.6 is 0 Å². The van der Waals surface area contributed by atoms with Gasteiger partial charge in [-0.1, -0.05) is 0 Å². The van der Waals surface area contributed by atoms with Crippen molar-refractivity contribution in [3.63, 3.8) is 0 Å². The number of hydrogen-bond donors (Lipinski definition) is 0. The van der Waals surface area contributed by atoms with Gasteiger partial charge in [0, 0.05) is 0 Å². The molecule has 0 aliphatic heterocycles. The minimum absolute atomic E-state index is 0.190. The van der Waals surface area contributed by atoms with Crippen molar-refractivity contribution in [2.45, 2.75) is 20.3 Å². The molecule has 5 nitrogen and oxygen atoms in total. The minimum atomic E-state index is -0.754. The normalized spacial score (nSPS) is 8.50. The number of nitrogens with zero attached hydrogens (tertiary/aromatic N) is 2. The zero-order valence-electron chi connectivity index (χ0n) is 7.03. The van der Waals surface area contributed by atoms with Crippen LogP contribution in [0.1, 0.15) is 20.3 Å². The molecule has 0 aromatic rings. The van der Waals surface area contributed by atoms with E-state index in [1.807, 2.05) is 0 Å². The molecule has 0 amide bonds. The number of carbonyl (C=O) groups is 2. The van der Waals surface area contributed by atoms with Crippen LogP contribution in [0.15, 0.2) is 0 Å². The third-order valence-corrected chi connectivity index (χ3v) is 1.05. The van der Waals surface area contributed by atoms with Crippen LogP contribution in [0.3, 0.4) is 0 Å². The highest BCUT2D eigenvalue weighted by Gasteiger charge is 2.22. The molecule has 0 saturated heterocycles. The maximum Gasteiger partial charge on any atom is 0.417 e. The molecule has 0 fully saturated rings. The molecule has 0 aromatic heterocycles. The van der Waals surface area contributed by atoms with Gasteiger partial charge in [0.15, 0.2) is 0 Å². The fourth-order valence-electron chi connectivity index (χ4n) is 0.599. The summed E-state index contributed by atoms with van der Waals surface area (Å²) in [5, 5.41) is 0. The van der Waals surface area contributed by atoms with Gasteiger partial charge in [0.2, 0.25) is 0 Å². The van der Waals surface area contributed by atoms with E-state index in [9.17, 15) is 9.59 Å². The van der Waals surface area contributed by atoms with Crippen molar-refractivity contribution in [3.05, 3.63) is 5.53 Å². The van der Waals surface area contributed by atoms with E-state index in [1.165, 1.54) is 6.92 Å². The van der Waals surface area contributed by atoms with Crippen molar-refractivity contribution in [1.29, 1.82) is 0 Å². The van der Waals surface area contributed by atoms with E-state index >= 15 is 0 Å². The number of esters is 1. The Morgan fingerprint density at radius 1 is 1.50 bits per heavy atom. The molecule has 0 radical (unpaired) electrons. The van der Waals surface area contributed by atoms with Crippen molar-refractivity contribution in [3.8, 4) is 0 Å². The average molecular weight is 170 g/mol. The summed E-state index contributed by atoms with van der Waals surface area (Å²) in [5.41, 5.74) is 8.05. The Morgan fingerprint density at radius 3 is 2.42 bits per heavy atom. The Bertz CT molecular complexity index is 241. The Balaban J connectivity index is 4.27. The molecule has 12 heavy (non-hydrogen) atoms. The summed E-state index contributed by atoms with van der Waals surface area (Å²) < 4.78 is 4.51. The van der Waals surface area contributed by atoms with E-state index in [1.54, 1.807) is 6.92 Å². The van der Waals surface area contributed by atoms with Crippen LogP contribution in [0.25, 0.3) is 5.53 Å². The van der Waals surface area contributed by atoms with Gasteiger partial charge in [-0.25, -0.2) is 4.79 Å². The van der Waals surface area contributed by atoms with Gasteiger partial charge in [-0.15, -0.1) is 0 Å². The summed E-state index contributed by atoms with van der Waals surface area (Å²) in [6, 6.07) is 0. The molecule has 0 N–H and O–H groups in total. The lowest BCUT2D eigenvalue weighted by atomic mass is 10.2. The second-order valence-electron chi connectivity index (χ2n) is 2.15. The van der Waals surface area contributed by atoms with Crippen LogP contribution < -0.4 is 0 Å². The van der Waals surface area contributed by atoms with E-state index in [-0.39, 0.29) is 24.5 Å². The molecule has 0 heterocycles. The summed E-state index contributed by atoms with van der Waals surface area (Å²) in [6.07, 6.45) is -0.199. The predicted molar refractivity (Wildman–Crippen MR) is 40.6 cm³/mol. The second-order valence-corrected chi connectivity index (χ2v) is 2.15. The predicted octanol–water partition coefficient (Wildman–Crippen LogP) is 0.199. The van der Waals surface area contributed by atoms with Crippen LogP contribution in [0.5, 0.6) is 0 Å². The van der Waals surface area contributed by atoms with E-state index in [2.05, 4.69) is 9.53 Å². The third kappa shape index (κ3) is 3.63. The highest BCUT2D eigenvalue weighted by Crippen LogP contribution is 1.89. The number of ether oxygens (including phenoxy) is 1. The molecule has 0 unspecified atom stereocenters. The fraction of sp³-hybridized carbons (Fsp3) is 0.571. The third-order valence-electron chi connectivity index (χ3n) is 1.05. The van der Waals surface area contributed by atoms with Gasteiger partial charge in [-0.2, -0.15) is 4.79 Å². The molecule has 0 atom stereocenters. The van der Waals surface area contributed by atoms with Crippen molar-refractivity contribution in [2.75, 3.05) is 6.61 Å². The van der Waals surface area contributed by atoms with E-state index in [0.29, 0.717) is 0 Å². The van der Waals surface area contributed by atoms with Crippen LogP contribution in [-0.4, -0.2) is 28.9 Å². The molecule has 0 saturated carbocycles. The van der Waals surface area contributed by atoms with Crippen LogP contribution in [-0.2, 0) is 14.3 Å². The standard InChI is InChI=1S/C7H10N2O3/c1-3-12-7(11)6(9-8)4-5(2)10/h3-4H2,1-2H3. The van der Waals surface area contributed by atoms with Crippen LogP contribution in [0.4, 0.5) is 0 Å². The molecular formula is C7H10N2O3. The zero-order chi connectivity index (χ0) is 9.56. The molecule has 0 bridgehead atoms. The second kappa shape index (κ2) is 5.21. The van der Waals surface area contributed by atoms with Crippen molar-refractivity contribution < 1.29 is 19.1 Å². The largest absolute Gasteiger partial charge is 0.457 e. The summed E-state index contributed by atoms with van der Waals surface area (Å²) in [7, 11) is 0. The highest BCUT2D eigenvalue weighted by molar-refractivity contribution is 6.37. The molecule has 0 spiro atoms. The van der Waals surface area contributed by atoms with Crippen molar-refractivity contribution in [1.82, 2.24) is 0 Å². The maximum atomic E-state index is 10.8. The lowest BCUT2D eigenvalue weighted by Gasteiger charge is -1.94. The lowest BCUT2D eigenvalue weighted by Crippen LogP contribution is -2.20. The molecule has 0 aliphatic carbocycles. The SMILES string of the molecule is CCOC(=O)C(CC(C)=O)=[N+]=[N-]. The zero-order valence-corrected chi connectivity index (χ0v) is 7.03. The summed E-state index contributed by atoms with van der Waals surface area (Å²) in [6.45, 7) is 3.11. The summed E-state index contributed by atoms with van der Waals surface area (Å²) >= 11 is 0. The van der Waals surface area contributed by atoms with Gasteiger partial charge in [-0.3, -0.25) is 4.79 Å². The van der Waals surface area contributed by atoms with E-state index < -0.39 is 5.97 Å². The first-order chi connectivity index (χ1) is 5.61. The fourth-order valence-corrected chi connectivity index (χ4v) is 0.599. The number of hydrogen-bond acceptors (Lipinski definition) is 3. The number of Topliss-reactive ketones (excluding diaryl/α,β-unsaturated/α-hetero) is 1. The molecular weight excluding hydrogens is 160 g/mol. The van der Waals surface area contributed by atoms with Gasteiger partial charge in [0.1, 0.15) is 12.2 Å². The first-order valence-corrected chi connectivity index (χ1v) is 3.49. The number of rotatable bonds is 4. The highest BCUT2D eigenvalue weighted by atomic mass is 16.5. The Kier molecular flexibility index (Phi) is 4.57. The Hall–Kier alpha value is -1.48. The molecule has 66 valence electrons. The van der Waals surface area contributed by atoms with Gasteiger partial charge in [0.05, 0.1) is 6.61 Å². The number of carbonyl (C=O) groups excluding carboxylic acids is 2. The van der Waals surface area contributed by atoms with E-state index in [4.69, 9.17) is 5.53 Å². The van der Waals surface area contributed by atoms with Gasteiger partial charge in [0.25, 0.3) is 0 Å². The quantitative estimate of drug-likeness (QED) is 0.261. The number of ketones is 1. The van der Waals surface area contributed by atoms with E-state index in [0.717, 1.165) is 0 Å². The smallest absolute Gasteiger partial charge is 0.417 e. The molecule has 0 aliphatic rings. The Labute approximate surface area is 69.9 Å². The van der Waals surface area contributed by atoms with Gasteiger partial charge < -0.3 is 10.3 Å². The first kappa shape index (κ1) is 10.5. The van der Waals surface area contributed by atoms with Crippen molar-refractivity contribution in [2.24, 2.45) is 0 Å². The minimum Gasteiger partial charge on any atom is -0.457 e. The first-order valence-electron chi connectivity index (χ1n) is 3.49. The summed E-state index contributed by atoms with van der Waals surface area (Å²) in [5.74, 6) is -1.01.